The van der Waals surface area contributed by atoms with Crippen LogP contribution in [0.5, 0.6) is 0 Å². The van der Waals surface area contributed by atoms with E-state index < -0.39 is 5.97 Å². The first-order chi connectivity index (χ1) is 31.6. The Morgan fingerprint density at radius 1 is 0.677 bits per heavy atom. The number of aryl methyl sites for hydroxylation is 2. The Hall–Kier alpha value is -6.82. The lowest BCUT2D eigenvalue weighted by Crippen LogP contribution is -2.39. The van der Waals surface area contributed by atoms with Gasteiger partial charge in [-0.1, -0.05) is 34.6 Å². The van der Waals surface area contributed by atoms with E-state index in [4.69, 9.17) is 19.1 Å². The van der Waals surface area contributed by atoms with Gasteiger partial charge in [0.25, 0.3) is 5.91 Å². The van der Waals surface area contributed by atoms with Gasteiger partial charge in [-0.15, -0.1) is 22.7 Å². The number of thiazole rings is 2. The number of aromatic nitrogens is 6. The van der Waals surface area contributed by atoms with Crippen LogP contribution in [0, 0.1) is 25.5 Å². The number of carbonyl (C=O) groups excluding carboxylic acids is 1. The lowest BCUT2D eigenvalue weighted by atomic mass is 9.97. The smallest absolute Gasteiger partial charge is 0.335 e. The summed E-state index contributed by atoms with van der Waals surface area (Å²) in [6.07, 6.45) is 4.34. The molecule has 0 saturated carbocycles. The topological polar surface area (TPSA) is 173 Å². The quantitative estimate of drug-likeness (QED) is 0.148. The number of hydrogen-bond donors (Lipinski definition) is 2. The van der Waals surface area contributed by atoms with Crippen LogP contribution in [0.3, 0.4) is 0 Å². The van der Waals surface area contributed by atoms with Crippen molar-refractivity contribution in [1.29, 1.82) is 0 Å². The fourth-order valence-corrected chi connectivity index (χ4v) is 9.40. The molecule has 2 fully saturated rings. The summed E-state index contributed by atoms with van der Waals surface area (Å²) in [6, 6.07) is 26.6. The molecule has 2 unspecified atom stereocenters. The summed E-state index contributed by atoms with van der Waals surface area (Å²) in [5.41, 5.74) is 5.88. The molecule has 2 aliphatic heterocycles. The molecule has 0 bridgehead atoms. The van der Waals surface area contributed by atoms with Crippen LogP contribution in [0.4, 0.5) is 8.78 Å². The normalized spacial score (nSPS) is 15.9. The maximum absolute atomic E-state index is 13.2. The molecule has 2 atom stereocenters. The van der Waals surface area contributed by atoms with Gasteiger partial charge in [0, 0.05) is 83.9 Å². The van der Waals surface area contributed by atoms with Crippen LogP contribution in [-0.2, 0) is 0 Å². The van der Waals surface area contributed by atoms with E-state index in [0.717, 1.165) is 65.6 Å². The van der Waals surface area contributed by atoms with E-state index in [0.29, 0.717) is 47.0 Å². The summed E-state index contributed by atoms with van der Waals surface area (Å²) in [7, 11) is 0. The van der Waals surface area contributed by atoms with E-state index in [9.17, 15) is 18.4 Å². The van der Waals surface area contributed by atoms with E-state index in [2.05, 4.69) is 36.0 Å². The SMILES string of the molecule is Cc1nc(-c2cccc(C(=O)N3CCCC(c4nc(-c5ccc(F)cc5)cs4)C3)c2)no1.Cc1nc(-c2cccc(C(=O)O)c2)no1.Fc1ccc(-c2csc(C3CCCNC3)n2)cc1. The molecule has 2 N–H and O–H groups in total. The number of rotatable bonds is 8. The third kappa shape index (κ3) is 11.5. The number of carbonyl (C=O) groups is 2. The molecule has 10 rings (SSSR count). The van der Waals surface area contributed by atoms with Gasteiger partial charge < -0.3 is 24.4 Å². The first-order valence-corrected chi connectivity index (χ1v) is 22.8. The fourth-order valence-electron chi connectivity index (χ4n) is 7.48. The number of nitrogens with zero attached hydrogens (tertiary/aromatic N) is 7. The summed E-state index contributed by atoms with van der Waals surface area (Å²) in [6.45, 7) is 6.90. The van der Waals surface area contributed by atoms with Crippen LogP contribution in [0.25, 0.3) is 45.3 Å². The zero-order valence-electron chi connectivity index (χ0n) is 35.5. The monoisotopic (exact) mass is 914 g/mol. The van der Waals surface area contributed by atoms with Gasteiger partial charge in [0.1, 0.15) is 11.6 Å². The molecular formula is C48H44F2N8O5S2. The maximum atomic E-state index is 13.2. The molecule has 2 saturated heterocycles. The molecule has 13 nitrogen and oxygen atoms in total. The molecule has 0 radical (unpaired) electrons. The van der Waals surface area contributed by atoms with Crippen LogP contribution < -0.4 is 5.32 Å². The Kier molecular flexibility index (Phi) is 14.3. The van der Waals surface area contributed by atoms with Crippen molar-refractivity contribution in [3.63, 3.8) is 0 Å². The Bertz CT molecular complexity index is 2850. The molecule has 65 heavy (non-hydrogen) atoms. The van der Waals surface area contributed by atoms with Crippen LogP contribution >= 0.6 is 22.7 Å². The van der Waals surface area contributed by atoms with Gasteiger partial charge in [0.2, 0.25) is 23.4 Å². The molecule has 1 amide bonds. The predicted octanol–water partition coefficient (Wildman–Crippen LogP) is 10.5. The van der Waals surface area contributed by atoms with Gasteiger partial charge >= 0.3 is 5.97 Å². The van der Waals surface area contributed by atoms with Crippen molar-refractivity contribution in [2.75, 3.05) is 26.2 Å². The second-order valence-corrected chi connectivity index (χ2v) is 17.3. The standard InChI is InChI=1S/C24H21FN4O2S.C14H15FN2S.C10H8N2O3/c1-15-26-22(28-31-15)17-4-2-5-18(12-17)24(30)29-11-3-6-19(13-29)23-27-21(14-32-23)16-7-9-20(25)10-8-16;15-12-5-3-10(4-6-12)13-9-18-14(17-13)11-2-1-7-16-8-11;1-6-11-9(12-15-6)7-3-2-4-8(5-7)10(13)14/h2,4-5,7-10,12,14,19H,3,6,11,13H2,1H3;3-6,9,11,16H,1-2,7-8H2;2-5H,1H3,(H,13,14). The lowest BCUT2D eigenvalue weighted by molar-refractivity contribution is 0.0692. The minimum Gasteiger partial charge on any atom is -0.478 e. The summed E-state index contributed by atoms with van der Waals surface area (Å²) in [5.74, 6) is 1.09. The van der Waals surface area contributed by atoms with Crippen molar-refractivity contribution >= 4 is 34.6 Å². The number of carboxylic acid groups (broad SMARTS) is 1. The molecule has 8 aromatic rings. The molecule has 332 valence electrons. The average molecular weight is 915 g/mol. The highest BCUT2D eigenvalue weighted by Crippen LogP contribution is 2.34. The van der Waals surface area contributed by atoms with Gasteiger partial charge in [0.05, 0.1) is 27.0 Å². The van der Waals surface area contributed by atoms with E-state index in [1.54, 1.807) is 72.9 Å². The zero-order valence-corrected chi connectivity index (χ0v) is 37.1. The zero-order chi connectivity index (χ0) is 45.3. The molecular weight excluding hydrogens is 871 g/mol. The second kappa shape index (κ2) is 20.8. The maximum Gasteiger partial charge on any atom is 0.335 e. The number of likely N-dealkylation sites (tertiary alicyclic amines) is 1. The van der Waals surface area contributed by atoms with Crippen LogP contribution in [0.15, 0.2) is 117 Å². The highest BCUT2D eigenvalue weighted by Gasteiger charge is 2.28. The number of benzene rings is 4. The average Bonchev–Trinajstić information content (AvgIpc) is 4.19. The van der Waals surface area contributed by atoms with E-state index in [-0.39, 0.29) is 29.0 Å². The number of amides is 1. The highest BCUT2D eigenvalue weighted by molar-refractivity contribution is 7.10. The largest absolute Gasteiger partial charge is 0.478 e. The Balaban J connectivity index is 0.000000147. The minimum absolute atomic E-state index is 0.00733. The molecule has 6 heterocycles. The third-order valence-corrected chi connectivity index (χ3v) is 12.8. The van der Waals surface area contributed by atoms with Crippen molar-refractivity contribution in [3.8, 4) is 45.3 Å². The summed E-state index contributed by atoms with van der Waals surface area (Å²) in [4.78, 5) is 43.6. The highest BCUT2D eigenvalue weighted by atomic mass is 32.1. The van der Waals surface area contributed by atoms with E-state index in [1.165, 1.54) is 54.2 Å². The Morgan fingerprint density at radius 2 is 1.20 bits per heavy atom. The van der Waals surface area contributed by atoms with Gasteiger partial charge in [0.15, 0.2) is 0 Å². The molecule has 17 heteroatoms. The molecule has 0 aliphatic carbocycles. The Labute approximate surface area is 381 Å². The van der Waals surface area contributed by atoms with Gasteiger partial charge in [-0.2, -0.15) is 9.97 Å². The van der Waals surface area contributed by atoms with Gasteiger partial charge in [-0.25, -0.2) is 23.5 Å². The van der Waals surface area contributed by atoms with Crippen LogP contribution in [0.2, 0.25) is 0 Å². The molecule has 4 aromatic heterocycles. The van der Waals surface area contributed by atoms with E-state index in [1.807, 2.05) is 34.5 Å². The first kappa shape index (κ1) is 44.8. The van der Waals surface area contributed by atoms with Crippen molar-refractivity contribution < 1.29 is 32.5 Å². The number of nitrogens with one attached hydrogen (secondary N) is 1. The van der Waals surface area contributed by atoms with Gasteiger partial charge in [-0.05, 0) is 105 Å². The summed E-state index contributed by atoms with van der Waals surface area (Å²) < 4.78 is 36.0. The fraction of sp³-hybridized carbons (Fsp3) is 0.250. The number of piperidine rings is 2. The van der Waals surface area contributed by atoms with Crippen molar-refractivity contribution in [2.24, 2.45) is 0 Å². The lowest BCUT2D eigenvalue weighted by Gasteiger charge is -2.32. The first-order valence-electron chi connectivity index (χ1n) is 21.0. The number of halogens is 2. The molecule has 4 aromatic carbocycles. The van der Waals surface area contributed by atoms with Gasteiger partial charge in [-0.3, -0.25) is 4.79 Å². The second-order valence-electron chi connectivity index (χ2n) is 15.5. The molecule has 2 aliphatic rings. The van der Waals surface area contributed by atoms with Crippen LogP contribution in [-0.4, -0.2) is 78.3 Å². The third-order valence-electron chi connectivity index (χ3n) is 10.8. The predicted molar refractivity (Wildman–Crippen MR) is 244 cm³/mol. The van der Waals surface area contributed by atoms with E-state index >= 15 is 0 Å². The summed E-state index contributed by atoms with van der Waals surface area (Å²) in [5, 5.41) is 26.1. The van der Waals surface area contributed by atoms with Crippen molar-refractivity contribution in [2.45, 2.75) is 51.4 Å². The Morgan fingerprint density at radius 3 is 1.71 bits per heavy atom. The molecule has 0 spiro atoms. The number of hydrogen-bond acceptors (Lipinski definition) is 13. The number of carboxylic acids is 1. The summed E-state index contributed by atoms with van der Waals surface area (Å²) >= 11 is 3.31. The minimum atomic E-state index is -0.975. The van der Waals surface area contributed by atoms with Crippen molar-refractivity contribution in [1.82, 2.24) is 40.5 Å². The van der Waals surface area contributed by atoms with Crippen molar-refractivity contribution in [3.05, 3.63) is 152 Å². The number of aromatic carboxylic acids is 1. The van der Waals surface area contributed by atoms with Crippen LogP contribution in [0.1, 0.15) is 80.0 Å².